The normalized spacial score (nSPS) is 28.7. The fourth-order valence-corrected chi connectivity index (χ4v) is 3.74. The van der Waals surface area contributed by atoms with Crippen molar-refractivity contribution in [3.05, 3.63) is 0 Å². The van der Waals surface area contributed by atoms with Crippen molar-refractivity contribution in [1.29, 1.82) is 0 Å². The van der Waals surface area contributed by atoms with Crippen LogP contribution >= 0.6 is 0 Å². The average molecular weight is 281 g/mol. The number of carbonyl (C=O) groups is 1. The summed E-state index contributed by atoms with van der Waals surface area (Å²) in [6, 6.07) is 1.09. The molecule has 0 spiro atoms. The maximum absolute atomic E-state index is 12.1. The molecule has 0 aromatic carbocycles. The van der Waals surface area contributed by atoms with Crippen LogP contribution < -0.4 is 10.6 Å². The van der Waals surface area contributed by atoms with Crippen molar-refractivity contribution in [3.8, 4) is 0 Å². The third-order valence-corrected chi connectivity index (χ3v) is 4.90. The van der Waals surface area contributed by atoms with Crippen molar-refractivity contribution >= 4 is 5.91 Å². The van der Waals surface area contributed by atoms with Crippen molar-refractivity contribution in [2.75, 3.05) is 26.2 Å². The monoisotopic (exact) mass is 281 g/mol. The number of amides is 1. The van der Waals surface area contributed by atoms with Gasteiger partial charge in [0.05, 0.1) is 6.54 Å². The highest BCUT2D eigenvalue weighted by atomic mass is 16.2. The van der Waals surface area contributed by atoms with Gasteiger partial charge in [-0.15, -0.1) is 0 Å². The highest BCUT2D eigenvalue weighted by molar-refractivity contribution is 5.78. The van der Waals surface area contributed by atoms with E-state index in [0.717, 1.165) is 19.6 Å². The van der Waals surface area contributed by atoms with Gasteiger partial charge in [0.15, 0.2) is 0 Å². The quantitative estimate of drug-likeness (QED) is 0.780. The molecule has 2 aliphatic rings. The van der Waals surface area contributed by atoms with Crippen LogP contribution in [0, 0.1) is 5.92 Å². The van der Waals surface area contributed by atoms with Gasteiger partial charge in [0.25, 0.3) is 0 Å². The molecule has 1 amide bonds. The van der Waals surface area contributed by atoms with E-state index < -0.39 is 0 Å². The summed E-state index contributed by atoms with van der Waals surface area (Å²) in [5.74, 6) is 0.914. The molecule has 2 fully saturated rings. The molecule has 0 aromatic heterocycles. The molecule has 2 atom stereocenters. The predicted octanol–water partition coefficient (Wildman–Crippen LogP) is 1.76. The molecule has 2 rings (SSSR count). The number of hydrogen-bond acceptors (Lipinski definition) is 3. The molecule has 1 aliphatic heterocycles. The largest absolute Gasteiger partial charge is 0.352 e. The summed E-state index contributed by atoms with van der Waals surface area (Å²) in [6.07, 6.45) is 7.26. The Bertz CT molecular complexity index is 302. The smallest absolute Gasteiger partial charge is 0.234 e. The van der Waals surface area contributed by atoms with Gasteiger partial charge in [0, 0.05) is 25.2 Å². The third-order valence-electron chi connectivity index (χ3n) is 4.90. The third kappa shape index (κ3) is 4.45. The molecule has 1 aliphatic carbocycles. The number of nitrogens with one attached hydrogen (secondary N) is 2. The van der Waals surface area contributed by atoms with Gasteiger partial charge in [-0.3, -0.25) is 9.69 Å². The first kappa shape index (κ1) is 15.8. The molecule has 2 N–H and O–H groups in total. The Morgan fingerprint density at radius 1 is 1.20 bits per heavy atom. The summed E-state index contributed by atoms with van der Waals surface area (Å²) in [7, 11) is 0. The van der Waals surface area contributed by atoms with E-state index in [-0.39, 0.29) is 5.91 Å². The van der Waals surface area contributed by atoms with Gasteiger partial charge in [0.2, 0.25) is 5.91 Å². The van der Waals surface area contributed by atoms with E-state index in [0.29, 0.717) is 24.5 Å². The van der Waals surface area contributed by atoms with Gasteiger partial charge >= 0.3 is 0 Å². The first-order valence-electron chi connectivity index (χ1n) is 8.48. The number of nitrogens with zero attached hydrogens (tertiary/aromatic N) is 1. The highest BCUT2D eigenvalue weighted by Gasteiger charge is 2.28. The molecule has 1 saturated heterocycles. The second kappa shape index (κ2) is 7.99. The molecule has 4 heteroatoms. The van der Waals surface area contributed by atoms with Gasteiger partial charge < -0.3 is 10.6 Å². The zero-order valence-electron chi connectivity index (χ0n) is 13.2. The van der Waals surface area contributed by atoms with Crippen molar-refractivity contribution in [2.45, 2.75) is 64.5 Å². The number of hydrogen-bond donors (Lipinski definition) is 2. The number of likely N-dealkylation sites (tertiary alicyclic amines) is 1. The van der Waals surface area contributed by atoms with Crippen LogP contribution in [0.15, 0.2) is 0 Å². The molecular weight excluding hydrogens is 250 g/mol. The van der Waals surface area contributed by atoms with E-state index in [4.69, 9.17) is 0 Å². The van der Waals surface area contributed by atoms with Crippen LogP contribution in [0.3, 0.4) is 0 Å². The Kier molecular flexibility index (Phi) is 6.30. The Balaban J connectivity index is 1.74. The zero-order valence-corrected chi connectivity index (χ0v) is 13.2. The van der Waals surface area contributed by atoms with Gasteiger partial charge in [-0.2, -0.15) is 0 Å². The molecular formula is C16H31N3O. The molecule has 4 nitrogen and oxygen atoms in total. The maximum Gasteiger partial charge on any atom is 0.234 e. The SMILES string of the molecule is CCNC1CCN(CC(=O)NC2CCCC2)CC1CC. The Morgan fingerprint density at radius 2 is 1.95 bits per heavy atom. The van der Waals surface area contributed by atoms with Crippen LogP contribution in [0.2, 0.25) is 0 Å². The fourth-order valence-electron chi connectivity index (χ4n) is 3.74. The van der Waals surface area contributed by atoms with E-state index in [1.807, 2.05) is 0 Å². The number of carbonyl (C=O) groups excluding carboxylic acids is 1. The lowest BCUT2D eigenvalue weighted by atomic mass is 9.90. The molecule has 20 heavy (non-hydrogen) atoms. The predicted molar refractivity (Wildman–Crippen MR) is 82.7 cm³/mol. The second-order valence-electron chi connectivity index (χ2n) is 6.41. The van der Waals surface area contributed by atoms with E-state index in [1.165, 1.54) is 38.5 Å². The fraction of sp³-hybridized carbons (Fsp3) is 0.938. The first-order valence-corrected chi connectivity index (χ1v) is 8.48. The van der Waals surface area contributed by atoms with Crippen molar-refractivity contribution in [1.82, 2.24) is 15.5 Å². The van der Waals surface area contributed by atoms with Crippen LogP contribution in [0.4, 0.5) is 0 Å². The molecule has 0 radical (unpaired) electrons. The minimum absolute atomic E-state index is 0.230. The first-order chi connectivity index (χ1) is 9.72. The Morgan fingerprint density at radius 3 is 2.60 bits per heavy atom. The lowest BCUT2D eigenvalue weighted by Crippen LogP contribution is -2.51. The minimum atomic E-state index is 0.230. The summed E-state index contributed by atoms with van der Waals surface area (Å²) >= 11 is 0. The number of rotatable bonds is 6. The van der Waals surface area contributed by atoms with Crippen molar-refractivity contribution < 1.29 is 4.79 Å². The average Bonchev–Trinajstić information content (AvgIpc) is 2.93. The van der Waals surface area contributed by atoms with Crippen LogP contribution in [0.5, 0.6) is 0 Å². The molecule has 2 unspecified atom stereocenters. The molecule has 0 bridgehead atoms. The molecule has 0 aromatic rings. The zero-order chi connectivity index (χ0) is 14.4. The molecule has 1 heterocycles. The van der Waals surface area contributed by atoms with E-state index >= 15 is 0 Å². The summed E-state index contributed by atoms with van der Waals surface area (Å²) in [6.45, 7) is 8.18. The Hall–Kier alpha value is -0.610. The summed E-state index contributed by atoms with van der Waals surface area (Å²) in [4.78, 5) is 14.4. The van der Waals surface area contributed by atoms with Crippen LogP contribution in [-0.4, -0.2) is 49.1 Å². The summed E-state index contributed by atoms with van der Waals surface area (Å²) in [5, 5.41) is 6.79. The number of piperidine rings is 1. The standard InChI is InChI=1S/C16H31N3O/c1-3-13-11-19(10-9-15(13)17-4-2)12-16(20)18-14-7-5-6-8-14/h13-15,17H,3-12H2,1-2H3,(H,18,20). The van der Waals surface area contributed by atoms with Gasteiger partial charge in [-0.1, -0.05) is 33.1 Å². The molecule has 1 saturated carbocycles. The van der Waals surface area contributed by atoms with Gasteiger partial charge in [-0.05, 0) is 31.7 Å². The maximum atomic E-state index is 12.1. The highest BCUT2D eigenvalue weighted by Crippen LogP contribution is 2.20. The van der Waals surface area contributed by atoms with Crippen molar-refractivity contribution in [2.24, 2.45) is 5.92 Å². The summed E-state index contributed by atoms with van der Waals surface area (Å²) < 4.78 is 0. The topological polar surface area (TPSA) is 44.4 Å². The van der Waals surface area contributed by atoms with Crippen LogP contribution in [0.25, 0.3) is 0 Å². The van der Waals surface area contributed by atoms with E-state index in [9.17, 15) is 4.79 Å². The Labute approximate surface area is 123 Å². The summed E-state index contributed by atoms with van der Waals surface area (Å²) in [5.41, 5.74) is 0. The van der Waals surface area contributed by atoms with Crippen LogP contribution in [0.1, 0.15) is 52.4 Å². The van der Waals surface area contributed by atoms with E-state index in [1.54, 1.807) is 0 Å². The molecule has 116 valence electrons. The lowest BCUT2D eigenvalue weighted by molar-refractivity contribution is -0.123. The lowest BCUT2D eigenvalue weighted by Gasteiger charge is -2.38. The van der Waals surface area contributed by atoms with Gasteiger partial charge in [0.1, 0.15) is 0 Å². The van der Waals surface area contributed by atoms with E-state index in [2.05, 4.69) is 29.4 Å². The van der Waals surface area contributed by atoms with Crippen LogP contribution in [-0.2, 0) is 4.79 Å². The van der Waals surface area contributed by atoms with Gasteiger partial charge in [-0.25, -0.2) is 0 Å². The minimum Gasteiger partial charge on any atom is -0.352 e. The second-order valence-corrected chi connectivity index (χ2v) is 6.41. The van der Waals surface area contributed by atoms with Crippen molar-refractivity contribution in [3.63, 3.8) is 0 Å².